The molecule has 0 saturated heterocycles. The highest BCUT2D eigenvalue weighted by atomic mass is 16.5. The van der Waals surface area contributed by atoms with E-state index >= 15 is 0 Å². The van der Waals surface area contributed by atoms with Crippen LogP contribution in [0, 0.1) is 5.92 Å². The highest BCUT2D eigenvalue weighted by Crippen LogP contribution is 2.29. The van der Waals surface area contributed by atoms with E-state index in [1.54, 1.807) is 13.2 Å². The fraction of sp³-hybridized carbons (Fsp3) is 0.375. The van der Waals surface area contributed by atoms with Gasteiger partial charge in [0.1, 0.15) is 12.3 Å². The molecule has 5 nitrogen and oxygen atoms in total. The fourth-order valence-corrected chi connectivity index (χ4v) is 2.00. The highest BCUT2D eigenvalue weighted by molar-refractivity contribution is 5.93. The molecule has 0 spiro atoms. The Morgan fingerprint density at radius 3 is 2.52 bits per heavy atom. The lowest BCUT2D eigenvalue weighted by molar-refractivity contribution is -0.142. The molecule has 1 aromatic rings. The fourth-order valence-electron chi connectivity index (χ4n) is 2.00. The molecule has 1 aliphatic carbocycles. The molecule has 0 radical (unpaired) electrons. The number of carbonyl (C=O) groups is 2. The first-order valence-corrected chi connectivity index (χ1v) is 6.91. The van der Waals surface area contributed by atoms with E-state index in [2.05, 4.69) is 0 Å². The maximum atomic E-state index is 12.1. The maximum absolute atomic E-state index is 12.1. The number of carbonyl (C=O) groups excluding carboxylic acids is 1. The van der Waals surface area contributed by atoms with Crippen molar-refractivity contribution in [1.82, 2.24) is 4.90 Å². The van der Waals surface area contributed by atoms with Gasteiger partial charge in [-0.1, -0.05) is 12.1 Å². The zero-order valence-electron chi connectivity index (χ0n) is 12.0. The van der Waals surface area contributed by atoms with Crippen molar-refractivity contribution < 1.29 is 19.4 Å². The summed E-state index contributed by atoms with van der Waals surface area (Å²) in [6.07, 6.45) is 5.26. The molecule has 0 unspecified atom stereocenters. The van der Waals surface area contributed by atoms with E-state index in [4.69, 9.17) is 9.84 Å². The summed E-state index contributed by atoms with van der Waals surface area (Å²) >= 11 is 0. The van der Waals surface area contributed by atoms with Crippen LogP contribution >= 0.6 is 0 Å². The van der Waals surface area contributed by atoms with Gasteiger partial charge < -0.3 is 14.7 Å². The smallest absolute Gasteiger partial charge is 0.323 e. The summed E-state index contributed by atoms with van der Waals surface area (Å²) in [5.41, 5.74) is 0.867. The summed E-state index contributed by atoms with van der Waals surface area (Å²) < 4.78 is 5.06. The van der Waals surface area contributed by atoms with Crippen LogP contribution in [0.15, 0.2) is 30.3 Å². The van der Waals surface area contributed by atoms with E-state index in [1.165, 1.54) is 11.0 Å². The molecule has 0 bridgehead atoms. The maximum Gasteiger partial charge on any atom is 0.323 e. The van der Waals surface area contributed by atoms with Crippen LogP contribution in [0.5, 0.6) is 5.75 Å². The van der Waals surface area contributed by atoms with Gasteiger partial charge in [0.05, 0.1) is 7.11 Å². The second-order valence-corrected chi connectivity index (χ2v) is 5.16. The van der Waals surface area contributed by atoms with E-state index < -0.39 is 5.97 Å². The second kappa shape index (κ2) is 6.92. The van der Waals surface area contributed by atoms with Crippen LogP contribution in [0.1, 0.15) is 18.4 Å². The molecule has 5 heteroatoms. The molecule has 21 heavy (non-hydrogen) atoms. The first-order chi connectivity index (χ1) is 10.1. The molecular formula is C16H19NO4. The van der Waals surface area contributed by atoms with Crippen molar-refractivity contribution in [3.63, 3.8) is 0 Å². The van der Waals surface area contributed by atoms with Crippen LogP contribution in [0.2, 0.25) is 0 Å². The zero-order valence-corrected chi connectivity index (χ0v) is 12.0. The van der Waals surface area contributed by atoms with E-state index in [9.17, 15) is 9.59 Å². The van der Waals surface area contributed by atoms with Gasteiger partial charge in [-0.05, 0) is 42.5 Å². The summed E-state index contributed by atoms with van der Waals surface area (Å²) in [7, 11) is 1.59. The van der Waals surface area contributed by atoms with E-state index in [-0.39, 0.29) is 12.5 Å². The van der Waals surface area contributed by atoms with Gasteiger partial charge in [-0.25, -0.2) is 0 Å². The number of carboxylic acids is 1. The highest BCUT2D eigenvalue weighted by Gasteiger charge is 2.26. The third kappa shape index (κ3) is 4.95. The summed E-state index contributed by atoms with van der Waals surface area (Å²) in [4.78, 5) is 24.3. The third-order valence-electron chi connectivity index (χ3n) is 3.35. The monoisotopic (exact) mass is 289 g/mol. The molecule has 1 aliphatic rings. The Balaban J connectivity index is 1.98. The Hall–Kier alpha value is -2.30. The predicted octanol–water partition coefficient (Wildman–Crippen LogP) is 2.03. The molecule has 0 aliphatic heterocycles. The average molecular weight is 289 g/mol. The van der Waals surface area contributed by atoms with E-state index in [0.29, 0.717) is 12.5 Å². The van der Waals surface area contributed by atoms with Crippen molar-refractivity contribution in [3.8, 4) is 5.75 Å². The normalized spacial score (nSPS) is 14.1. The van der Waals surface area contributed by atoms with Gasteiger partial charge in [0.25, 0.3) is 0 Å². The minimum Gasteiger partial charge on any atom is -0.497 e. The van der Waals surface area contributed by atoms with Crippen molar-refractivity contribution in [1.29, 1.82) is 0 Å². The Morgan fingerprint density at radius 2 is 2.00 bits per heavy atom. The molecule has 1 N–H and O–H groups in total. The first-order valence-electron chi connectivity index (χ1n) is 6.91. The molecule has 2 rings (SSSR count). The lowest BCUT2D eigenvalue weighted by Crippen LogP contribution is -2.36. The number of rotatable bonds is 7. The number of carboxylic acid groups (broad SMARTS) is 1. The SMILES string of the molecule is COc1ccc(/C=C/C(=O)N(CC(=O)O)CC2CC2)cc1. The topological polar surface area (TPSA) is 66.8 Å². The summed E-state index contributed by atoms with van der Waals surface area (Å²) in [6, 6.07) is 7.29. The molecule has 112 valence electrons. The quantitative estimate of drug-likeness (QED) is 0.780. The van der Waals surface area contributed by atoms with Crippen molar-refractivity contribution in [2.24, 2.45) is 5.92 Å². The van der Waals surface area contributed by atoms with Crippen LogP contribution in [-0.4, -0.2) is 42.1 Å². The molecule has 0 heterocycles. The molecule has 1 fully saturated rings. The Morgan fingerprint density at radius 1 is 1.33 bits per heavy atom. The Bertz CT molecular complexity index is 532. The predicted molar refractivity (Wildman–Crippen MR) is 79.0 cm³/mol. The van der Waals surface area contributed by atoms with Gasteiger partial charge in [0, 0.05) is 12.6 Å². The minimum atomic E-state index is -0.984. The lowest BCUT2D eigenvalue weighted by Gasteiger charge is -2.18. The Labute approximate surface area is 123 Å². The van der Waals surface area contributed by atoms with Crippen LogP contribution in [-0.2, 0) is 9.59 Å². The van der Waals surface area contributed by atoms with Crippen molar-refractivity contribution in [2.75, 3.05) is 20.2 Å². The molecule has 1 amide bonds. The molecule has 0 atom stereocenters. The van der Waals surface area contributed by atoms with Crippen LogP contribution in [0.3, 0.4) is 0 Å². The first kappa shape index (κ1) is 15.1. The summed E-state index contributed by atoms with van der Waals surface area (Å²) in [5.74, 6) is -0.0376. The average Bonchev–Trinajstić information content (AvgIpc) is 3.28. The van der Waals surface area contributed by atoms with Crippen LogP contribution < -0.4 is 4.74 Å². The molecule has 1 saturated carbocycles. The van der Waals surface area contributed by atoms with Crippen LogP contribution in [0.25, 0.3) is 6.08 Å². The summed E-state index contributed by atoms with van der Waals surface area (Å²) in [5, 5.41) is 8.88. The molecule has 1 aromatic carbocycles. The van der Waals surface area contributed by atoms with Gasteiger partial charge >= 0.3 is 5.97 Å². The Kier molecular flexibility index (Phi) is 4.98. The van der Waals surface area contributed by atoms with Gasteiger partial charge in [-0.2, -0.15) is 0 Å². The van der Waals surface area contributed by atoms with Crippen LogP contribution in [0.4, 0.5) is 0 Å². The number of benzene rings is 1. The number of aliphatic carboxylic acids is 1. The second-order valence-electron chi connectivity index (χ2n) is 5.16. The van der Waals surface area contributed by atoms with Gasteiger partial charge in [0.2, 0.25) is 5.91 Å². The van der Waals surface area contributed by atoms with Gasteiger partial charge in [0.15, 0.2) is 0 Å². The molecule has 0 aromatic heterocycles. The standard InChI is InChI=1S/C16H19NO4/c1-21-14-7-4-12(5-8-14)6-9-15(18)17(11-16(19)20)10-13-2-3-13/h4-9,13H,2-3,10-11H2,1H3,(H,19,20)/b9-6+. The molecular weight excluding hydrogens is 270 g/mol. The number of methoxy groups -OCH3 is 1. The number of hydrogen-bond acceptors (Lipinski definition) is 3. The summed E-state index contributed by atoms with van der Waals surface area (Å²) in [6.45, 7) is 0.278. The van der Waals surface area contributed by atoms with Crippen molar-refractivity contribution in [3.05, 3.63) is 35.9 Å². The third-order valence-corrected chi connectivity index (χ3v) is 3.35. The van der Waals surface area contributed by atoms with Crippen molar-refractivity contribution >= 4 is 18.0 Å². The largest absolute Gasteiger partial charge is 0.497 e. The number of nitrogens with zero attached hydrogens (tertiary/aromatic N) is 1. The van der Waals surface area contributed by atoms with Gasteiger partial charge in [-0.15, -0.1) is 0 Å². The number of ether oxygens (including phenoxy) is 1. The minimum absolute atomic E-state index is 0.248. The number of amides is 1. The van der Waals surface area contributed by atoms with Crippen molar-refractivity contribution in [2.45, 2.75) is 12.8 Å². The number of hydrogen-bond donors (Lipinski definition) is 1. The van der Waals surface area contributed by atoms with Gasteiger partial charge in [-0.3, -0.25) is 9.59 Å². The lowest BCUT2D eigenvalue weighted by atomic mass is 10.2. The zero-order chi connectivity index (χ0) is 15.2. The van der Waals surface area contributed by atoms with E-state index in [0.717, 1.165) is 24.2 Å². The van der Waals surface area contributed by atoms with E-state index in [1.807, 2.05) is 24.3 Å².